The van der Waals surface area contributed by atoms with Gasteiger partial charge in [-0.1, -0.05) is 42.5 Å². The number of carboxylic acids is 2. The fourth-order valence-electron chi connectivity index (χ4n) is 2.53. The van der Waals surface area contributed by atoms with Gasteiger partial charge in [0.05, 0.1) is 11.1 Å². The van der Waals surface area contributed by atoms with Crippen LogP contribution in [-0.4, -0.2) is 28.1 Å². The lowest BCUT2D eigenvalue weighted by Gasteiger charge is -2.08. The number of rotatable bonds is 5. The standard InChI is InChI=1S/C19H13NO5S/c21-16(12-8-4-5-9-13(12)18(22)23)20-17-15(19(24)25)14(10-26-17)11-6-2-1-3-7-11/h1-10H,(H,20,21)(H,22,23)(H,24,25). The van der Waals surface area contributed by atoms with Gasteiger partial charge in [-0.2, -0.15) is 0 Å². The molecule has 0 spiro atoms. The third-order valence-electron chi connectivity index (χ3n) is 3.72. The topological polar surface area (TPSA) is 104 Å². The molecular formula is C19H13NO5S. The predicted molar refractivity (Wildman–Crippen MR) is 98.1 cm³/mol. The summed E-state index contributed by atoms with van der Waals surface area (Å²) in [4.78, 5) is 35.5. The molecule has 3 rings (SSSR count). The molecule has 0 aliphatic heterocycles. The van der Waals surface area contributed by atoms with Gasteiger partial charge in [0.15, 0.2) is 0 Å². The number of thiophene rings is 1. The van der Waals surface area contributed by atoms with Crippen LogP contribution in [0.15, 0.2) is 60.0 Å². The van der Waals surface area contributed by atoms with Crippen LogP contribution in [0.1, 0.15) is 31.1 Å². The van der Waals surface area contributed by atoms with Crippen molar-refractivity contribution in [3.63, 3.8) is 0 Å². The molecule has 3 aromatic rings. The molecule has 1 aromatic heterocycles. The Kier molecular flexibility index (Phi) is 4.81. The molecular weight excluding hydrogens is 354 g/mol. The highest BCUT2D eigenvalue weighted by Gasteiger charge is 2.23. The molecule has 0 aliphatic carbocycles. The van der Waals surface area contributed by atoms with Gasteiger partial charge >= 0.3 is 11.9 Å². The van der Waals surface area contributed by atoms with Gasteiger partial charge in [-0.05, 0) is 17.7 Å². The predicted octanol–water partition coefficient (Wildman–Crippen LogP) is 4.06. The van der Waals surface area contributed by atoms with E-state index < -0.39 is 17.8 Å². The highest BCUT2D eigenvalue weighted by atomic mass is 32.1. The Labute approximate surface area is 152 Å². The van der Waals surface area contributed by atoms with Crippen LogP contribution in [-0.2, 0) is 0 Å². The van der Waals surface area contributed by atoms with E-state index in [-0.39, 0.29) is 21.7 Å². The fourth-order valence-corrected chi connectivity index (χ4v) is 3.49. The molecule has 7 heteroatoms. The number of amides is 1. The number of aromatic carboxylic acids is 2. The first-order valence-corrected chi connectivity index (χ1v) is 8.41. The molecule has 1 amide bonds. The molecule has 0 unspecified atom stereocenters. The van der Waals surface area contributed by atoms with E-state index in [1.54, 1.807) is 35.7 Å². The SMILES string of the molecule is O=C(O)c1ccccc1C(=O)Nc1scc(-c2ccccc2)c1C(=O)O. The van der Waals surface area contributed by atoms with Crippen molar-refractivity contribution in [2.75, 3.05) is 5.32 Å². The quantitative estimate of drug-likeness (QED) is 0.631. The molecule has 0 bridgehead atoms. The van der Waals surface area contributed by atoms with Crippen LogP contribution in [0.5, 0.6) is 0 Å². The molecule has 0 saturated carbocycles. The Morgan fingerprint density at radius 2 is 1.42 bits per heavy atom. The molecule has 26 heavy (non-hydrogen) atoms. The number of carbonyl (C=O) groups is 3. The van der Waals surface area contributed by atoms with E-state index in [4.69, 9.17) is 0 Å². The Balaban J connectivity index is 1.99. The second-order valence-corrected chi connectivity index (χ2v) is 6.21. The summed E-state index contributed by atoms with van der Waals surface area (Å²) in [5.41, 5.74) is 0.993. The molecule has 2 aromatic carbocycles. The van der Waals surface area contributed by atoms with E-state index in [2.05, 4.69) is 5.32 Å². The van der Waals surface area contributed by atoms with Gasteiger partial charge in [-0.3, -0.25) is 4.79 Å². The van der Waals surface area contributed by atoms with Crippen LogP contribution in [0, 0.1) is 0 Å². The van der Waals surface area contributed by atoms with E-state index in [0.717, 1.165) is 11.3 Å². The number of benzene rings is 2. The zero-order valence-electron chi connectivity index (χ0n) is 13.3. The van der Waals surface area contributed by atoms with Gasteiger partial charge < -0.3 is 15.5 Å². The first-order valence-electron chi connectivity index (χ1n) is 7.53. The van der Waals surface area contributed by atoms with Crippen LogP contribution in [0.2, 0.25) is 0 Å². The Bertz CT molecular complexity index is 994. The van der Waals surface area contributed by atoms with E-state index in [1.165, 1.54) is 18.2 Å². The summed E-state index contributed by atoms with van der Waals surface area (Å²) in [7, 11) is 0. The van der Waals surface area contributed by atoms with Crippen LogP contribution >= 0.6 is 11.3 Å². The maximum Gasteiger partial charge on any atom is 0.339 e. The molecule has 0 aliphatic rings. The minimum absolute atomic E-state index is 0.0256. The second kappa shape index (κ2) is 7.20. The van der Waals surface area contributed by atoms with Gasteiger partial charge in [0.1, 0.15) is 10.6 Å². The van der Waals surface area contributed by atoms with Crippen LogP contribution in [0.3, 0.4) is 0 Å². The maximum atomic E-state index is 12.5. The largest absolute Gasteiger partial charge is 0.478 e. The van der Waals surface area contributed by atoms with Gasteiger partial charge in [0, 0.05) is 10.9 Å². The number of hydrogen-bond acceptors (Lipinski definition) is 4. The molecule has 3 N–H and O–H groups in total. The van der Waals surface area contributed by atoms with Crippen molar-refractivity contribution < 1.29 is 24.6 Å². The highest BCUT2D eigenvalue weighted by Crippen LogP contribution is 2.35. The highest BCUT2D eigenvalue weighted by molar-refractivity contribution is 7.15. The number of anilines is 1. The lowest BCUT2D eigenvalue weighted by molar-refractivity contribution is 0.0684. The van der Waals surface area contributed by atoms with Crippen molar-refractivity contribution in [1.82, 2.24) is 0 Å². The van der Waals surface area contributed by atoms with Crippen LogP contribution < -0.4 is 5.32 Å². The normalized spacial score (nSPS) is 10.3. The summed E-state index contributed by atoms with van der Waals surface area (Å²) >= 11 is 1.08. The van der Waals surface area contributed by atoms with Crippen molar-refractivity contribution in [2.45, 2.75) is 0 Å². The van der Waals surface area contributed by atoms with Gasteiger partial charge in [-0.25, -0.2) is 9.59 Å². The summed E-state index contributed by atoms with van der Waals surface area (Å²) in [5.74, 6) is -3.08. The van der Waals surface area contributed by atoms with Crippen molar-refractivity contribution >= 4 is 34.2 Å². The summed E-state index contributed by atoms with van der Waals surface area (Å²) in [5, 5.41) is 23.1. The first-order chi connectivity index (χ1) is 12.5. The lowest BCUT2D eigenvalue weighted by atomic mass is 10.0. The van der Waals surface area contributed by atoms with E-state index in [1.807, 2.05) is 6.07 Å². The fraction of sp³-hybridized carbons (Fsp3) is 0. The molecule has 130 valence electrons. The number of carboxylic acid groups (broad SMARTS) is 2. The third-order valence-corrected chi connectivity index (χ3v) is 4.61. The molecule has 1 heterocycles. The number of nitrogens with one attached hydrogen (secondary N) is 1. The van der Waals surface area contributed by atoms with Gasteiger partial charge in [0.25, 0.3) is 5.91 Å². The molecule has 6 nitrogen and oxygen atoms in total. The van der Waals surface area contributed by atoms with E-state index >= 15 is 0 Å². The monoisotopic (exact) mass is 367 g/mol. The van der Waals surface area contributed by atoms with Crippen molar-refractivity contribution in [2.24, 2.45) is 0 Å². The average molecular weight is 367 g/mol. The zero-order valence-corrected chi connectivity index (χ0v) is 14.1. The Hall–Kier alpha value is -3.45. The average Bonchev–Trinajstić information content (AvgIpc) is 3.06. The van der Waals surface area contributed by atoms with Gasteiger partial charge in [-0.15, -0.1) is 11.3 Å². The minimum atomic E-state index is -1.23. The van der Waals surface area contributed by atoms with Crippen molar-refractivity contribution in [1.29, 1.82) is 0 Å². The third kappa shape index (κ3) is 3.33. The van der Waals surface area contributed by atoms with E-state index in [0.29, 0.717) is 11.1 Å². The number of carbonyl (C=O) groups excluding carboxylic acids is 1. The smallest absolute Gasteiger partial charge is 0.339 e. The Morgan fingerprint density at radius 3 is 2.04 bits per heavy atom. The van der Waals surface area contributed by atoms with Crippen molar-refractivity contribution in [3.05, 3.63) is 76.7 Å². The van der Waals surface area contributed by atoms with E-state index in [9.17, 15) is 24.6 Å². The van der Waals surface area contributed by atoms with Gasteiger partial charge in [0.2, 0.25) is 0 Å². The Morgan fingerprint density at radius 1 is 0.808 bits per heavy atom. The molecule has 0 fully saturated rings. The lowest BCUT2D eigenvalue weighted by Crippen LogP contribution is -2.17. The molecule has 0 radical (unpaired) electrons. The second-order valence-electron chi connectivity index (χ2n) is 5.33. The summed E-state index contributed by atoms with van der Waals surface area (Å²) in [6.45, 7) is 0. The summed E-state index contributed by atoms with van der Waals surface area (Å²) < 4.78 is 0. The van der Waals surface area contributed by atoms with Crippen LogP contribution in [0.4, 0.5) is 5.00 Å². The number of hydrogen-bond donors (Lipinski definition) is 3. The first kappa shape index (κ1) is 17.4. The molecule has 0 saturated heterocycles. The summed E-state index contributed by atoms with van der Waals surface area (Å²) in [6.07, 6.45) is 0. The van der Waals surface area contributed by atoms with Crippen LogP contribution in [0.25, 0.3) is 11.1 Å². The molecule has 0 atom stereocenters. The summed E-state index contributed by atoms with van der Waals surface area (Å²) in [6, 6.07) is 14.7. The van der Waals surface area contributed by atoms with Crippen molar-refractivity contribution in [3.8, 4) is 11.1 Å². The maximum absolute atomic E-state index is 12.5. The zero-order chi connectivity index (χ0) is 18.7. The minimum Gasteiger partial charge on any atom is -0.478 e.